The highest BCUT2D eigenvalue weighted by atomic mass is 16.5. The Morgan fingerprint density at radius 1 is 1.17 bits per heavy atom. The van der Waals surface area contributed by atoms with E-state index in [4.69, 9.17) is 4.74 Å². The van der Waals surface area contributed by atoms with Crippen LogP contribution < -0.4 is 0 Å². The van der Waals surface area contributed by atoms with E-state index in [2.05, 4.69) is 20.4 Å². The predicted octanol–water partition coefficient (Wildman–Crippen LogP) is 3.55. The van der Waals surface area contributed by atoms with E-state index in [1.54, 1.807) is 0 Å². The molecule has 12 heavy (non-hydrogen) atoms. The number of hydrogen-bond donors (Lipinski definition) is 0. The first kappa shape index (κ1) is 11.7. The summed E-state index contributed by atoms with van der Waals surface area (Å²) < 4.78 is 5.43. The second-order valence-electron chi connectivity index (χ2n) is 3.22. The molecule has 0 spiro atoms. The SMILES string of the molecule is C=C(CC)COCCCCCC. The molecule has 0 fully saturated rings. The molecule has 1 heteroatoms. The van der Waals surface area contributed by atoms with Crippen LogP contribution in [0.15, 0.2) is 12.2 Å². The lowest BCUT2D eigenvalue weighted by Gasteiger charge is -2.04. The molecular formula is C11H22O. The van der Waals surface area contributed by atoms with Crippen molar-refractivity contribution < 1.29 is 4.74 Å². The standard InChI is InChI=1S/C11H22O/c1-4-6-7-8-9-12-10-11(3)5-2/h3-10H2,1-2H3. The molecule has 0 rings (SSSR count). The first-order valence-corrected chi connectivity index (χ1v) is 5.05. The monoisotopic (exact) mass is 170 g/mol. The zero-order valence-corrected chi connectivity index (χ0v) is 8.57. The maximum absolute atomic E-state index is 5.43. The van der Waals surface area contributed by atoms with E-state index in [0.717, 1.165) is 19.6 Å². The molecular weight excluding hydrogens is 148 g/mol. The lowest BCUT2D eigenvalue weighted by atomic mass is 10.2. The quantitative estimate of drug-likeness (QED) is 0.400. The minimum atomic E-state index is 0.753. The number of ether oxygens (including phenoxy) is 1. The molecule has 0 atom stereocenters. The van der Waals surface area contributed by atoms with Gasteiger partial charge in [0, 0.05) is 6.61 Å². The third-order valence-corrected chi connectivity index (χ3v) is 1.95. The fourth-order valence-corrected chi connectivity index (χ4v) is 0.949. The van der Waals surface area contributed by atoms with Gasteiger partial charge in [-0.05, 0) is 12.8 Å². The van der Waals surface area contributed by atoms with Gasteiger partial charge in [-0.2, -0.15) is 0 Å². The normalized spacial score (nSPS) is 10.2. The Morgan fingerprint density at radius 3 is 2.50 bits per heavy atom. The van der Waals surface area contributed by atoms with Crippen molar-refractivity contribution in [3.8, 4) is 0 Å². The summed E-state index contributed by atoms with van der Waals surface area (Å²) in [5.74, 6) is 0. The Kier molecular flexibility index (Phi) is 8.57. The van der Waals surface area contributed by atoms with Gasteiger partial charge < -0.3 is 4.74 Å². The van der Waals surface area contributed by atoms with Crippen LogP contribution in [-0.2, 0) is 4.74 Å². The lowest BCUT2D eigenvalue weighted by molar-refractivity contribution is 0.150. The molecule has 0 saturated heterocycles. The third kappa shape index (κ3) is 7.80. The minimum absolute atomic E-state index is 0.753. The van der Waals surface area contributed by atoms with E-state index in [0.29, 0.717) is 0 Å². The fourth-order valence-electron chi connectivity index (χ4n) is 0.949. The molecule has 0 saturated carbocycles. The van der Waals surface area contributed by atoms with Crippen LogP contribution in [0.4, 0.5) is 0 Å². The molecule has 0 aliphatic rings. The summed E-state index contributed by atoms with van der Waals surface area (Å²) in [6.07, 6.45) is 6.16. The zero-order chi connectivity index (χ0) is 9.23. The highest BCUT2D eigenvalue weighted by Crippen LogP contribution is 2.01. The Morgan fingerprint density at radius 2 is 1.92 bits per heavy atom. The van der Waals surface area contributed by atoms with Crippen LogP contribution in [0.5, 0.6) is 0 Å². The van der Waals surface area contributed by atoms with E-state index in [9.17, 15) is 0 Å². The summed E-state index contributed by atoms with van der Waals surface area (Å²) in [5.41, 5.74) is 1.20. The van der Waals surface area contributed by atoms with Gasteiger partial charge in [0.1, 0.15) is 0 Å². The Hall–Kier alpha value is -0.300. The van der Waals surface area contributed by atoms with Crippen LogP contribution in [-0.4, -0.2) is 13.2 Å². The molecule has 0 aliphatic carbocycles. The third-order valence-electron chi connectivity index (χ3n) is 1.95. The number of hydrogen-bond acceptors (Lipinski definition) is 1. The van der Waals surface area contributed by atoms with E-state index in [1.165, 1.54) is 31.3 Å². The van der Waals surface area contributed by atoms with Gasteiger partial charge in [-0.15, -0.1) is 0 Å². The van der Waals surface area contributed by atoms with Crippen LogP contribution in [0.25, 0.3) is 0 Å². The van der Waals surface area contributed by atoms with E-state index in [1.807, 2.05) is 0 Å². The van der Waals surface area contributed by atoms with Gasteiger partial charge in [-0.3, -0.25) is 0 Å². The van der Waals surface area contributed by atoms with Crippen molar-refractivity contribution in [1.82, 2.24) is 0 Å². The highest BCUT2D eigenvalue weighted by molar-refractivity contribution is 4.92. The minimum Gasteiger partial charge on any atom is -0.377 e. The average molecular weight is 170 g/mol. The van der Waals surface area contributed by atoms with Crippen molar-refractivity contribution in [2.24, 2.45) is 0 Å². The molecule has 0 aliphatic heterocycles. The van der Waals surface area contributed by atoms with Gasteiger partial charge in [0.15, 0.2) is 0 Å². The van der Waals surface area contributed by atoms with Gasteiger partial charge in [0.2, 0.25) is 0 Å². The van der Waals surface area contributed by atoms with Crippen molar-refractivity contribution in [1.29, 1.82) is 0 Å². The molecule has 0 amide bonds. The lowest BCUT2D eigenvalue weighted by Crippen LogP contribution is -1.98. The summed E-state index contributed by atoms with van der Waals surface area (Å²) in [7, 11) is 0. The van der Waals surface area contributed by atoms with Gasteiger partial charge in [-0.25, -0.2) is 0 Å². The number of rotatable bonds is 8. The second kappa shape index (κ2) is 8.79. The summed E-state index contributed by atoms with van der Waals surface area (Å²) >= 11 is 0. The summed E-state index contributed by atoms with van der Waals surface area (Å²) in [6, 6.07) is 0. The highest BCUT2D eigenvalue weighted by Gasteiger charge is 1.91. The largest absolute Gasteiger partial charge is 0.377 e. The molecule has 0 bridgehead atoms. The molecule has 0 N–H and O–H groups in total. The van der Waals surface area contributed by atoms with Crippen LogP contribution in [0.2, 0.25) is 0 Å². The summed E-state index contributed by atoms with van der Waals surface area (Å²) in [4.78, 5) is 0. The first-order chi connectivity index (χ1) is 5.81. The van der Waals surface area contributed by atoms with Gasteiger partial charge in [0.05, 0.1) is 6.61 Å². The van der Waals surface area contributed by atoms with Crippen molar-refractivity contribution in [2.45, 2.75) is 46.0 Å². The van der Waals surface area contributed by atoms with Crippen molar-refractivity contribution in [2.75, 3.05) is 13.2 Å². The molecule has 0 aromatic heterocycles. The van der Waals surface area contributed by atoms with Crippen LogP contribution in [0.1, 0.15) is 46.0 Å². The smallest absolute Gasteiger partial charge is 0.0674 e. The molecule has 72 valence electrons. The fraction of sp³-hybridized carbons (Fsp3) is 0.818. The maximum Gasteiger partial charge on any atom is 0.0674 e. The van der Waals surface area contributed by atoms with Gasteiger partial charge in [0.25, 0.3) is 0 Å². The van der Waals surface area contributed by atoms with Crippen molar-refractivity contribution >= 4 is 0 Å². The summed E-state index contributed by atoms with van der Waals surface area (Å²) in [5, 5.41) is 0. The topological polar surface area (TPSA) is 9.23 Å². The van der Waals surface area contributed by atoms with E-state index in [-0.39, 0.29) is 0 Å². The number of unbranched alkanes of at least 4 members (excludes halogenated alkanes) is 3. The molecule has 0 heterocycles. The summed E-state index contributed by atoms with van der Waals surface area (Å²) in [6.45, 7) is 9.87. The van der Waals surface area contributed by atoms with Crippen LogP contribution in [0.3, 0.4) is 0 Å². The average Bonchev–Trinajstić information content (AvgIpc) is 2.10. The molecule has 0 radical (unpaired) electrons. The van der Waals surface area contributed by atoms with Gasteiger partial charge in [-0.1, -0.05) is 45.3 Å². The van der Waals surface area contributed by atoms with Gasteiger partial charge >= 0.3 is 0 Å². The second-order valence-corrected chi connectivity index (χ2v) is 3.22. The molecule has 1 nitrogen and oxygen atoms in total. The Labute approximate surface area is 76.8 Å². The van der Waals surface area contributed by atoms with E-state index >= 15 is 0 Å². The maximum atomic E-state index is 5.43. The van der Waals surface area contributed by atoms with Crippen molar-refractivity contribution in [3.05, 3.63) is 12.2 Å². The van der Waals surface area contributed by atoms with Crippen molar-refractivity contribution in [3.63, 3.8) is 0 Å². The molecule has 0 aromatic rings. The molecule has 0 aromatic carbocycles. The van der Waals surface area contributed by atoms with Crippen LogP contribution >= 0.6 is 0 Å². The molecule has 0 unspecified atom stereocenters. The van der Waals surface area contributed by atoms with E-state index < -0.39 is 0 Å². The predicted molar refractivity (Wildman–Crippen MR) is 54.4 cm³/mol. The first-order valence-electron chi connectivity index (χ1n) is 5.05. The van der Waals surface area contributed by atoms with Crippen LogP contribution in [0, 0.1) is 0 Å². The zero-order valence-electron chi connectivity index (χ0n) is 8.57. The Balaban J connectivity index is 2.95. The Bertz CT molecular complexity index is 108.